The molecule has 0 spiro atoms. The van der Waals surface area contributed by atoms with Crippen molar-refractivity contribution in [3.63, 3.8) is 0 Å². The van der Waals surface area contributed by atoms with E-state index >= 15 is 0 Å². The molecule has 0 aliphatic heterocycles. The molecule has 1 saturated carbocycles. The molecule has 4 N–H and O–H groups in total. The Morgan fingerprint density at radius 1 is 1.32 bits per heavy atom. The van der Waals surface area contributed by atoms with Crippen LogP contribution in [0.1, 0.15) is 39.0 Å². The van der Waals surface area contributed by atoms with Crippen LogP contribution in [0.5, 0.6) is 0 Å². The molecule has 0 aromatic heterocycles. The number of nitrogens with one attached hydrogen (secondary N) is 1. The number of rotatable bonds is 8. The van der Waals surface area contributed by atoms with E-state index in [-0.39, 0.29) is 30.7 Å². The Kier molecular flexibility index (Phi) is 8.66. The van der Waals surface area contributed by atoms with Crippen molar-refractivity contribution >= 4 is 30.1 Å². The van der Waals surface area contributed by atoms with Crippen molar-refractivity contribution < 1.29 is 24.5 Å². The summed E-state index contributed by atoms with van der Waals surface area (Å²) in [5.74, 6) is -0.0570. The van der Waals surface area contributed by atoms with Gasteiger partial charge in [0.05, 0.1) is 0 Å². The van der Waals surface area contributed by atoms with E-state index in [9.17, 15) is 24.5 Å². The van der Waals surface area contributed by atoms with E-state index in [0.29, 0.717) is 0 Å². The van der Waals surface area contributed by atoms with Crippen LogP contribution in [-0.2, 0) is 9.36 Å². The minimum absolute atomic E-state index is 0.0544. The van der Waals surface area contributed by atoms with Crippen molar-refractivity contribution in [3.05, 3.63) is 0 Å². The fourth-order valence-electron chi connectivity index (χ4n) is 2.80. The van der Waals surface area contributed by atoms with E-state index in [1.807, 2.05) is 0 Å². The zero-order chi connectivity index (χ0) is 16.8. The number of carbonyl (C=O) groups is 1. The molecule has 0 radical (unpaired) electrons. The molecule has 0 aromatic rings. The van der Waals surface area contributed by atoms with E-state index in [0.717, 1.165) is 42.5 Å². The predicted molar refractivity (Wildman–Crippen MR) is 89.1 cm³/mol. The second kappa shape index (κ2) is 9.44. The molecule has 0 heterocycles. The first-order valence-electron chi connectivity index (χ1n) is 7.91. The first-order valence-corrected chi connectivity index (χ1v) is 11.3. The number of hydrogen-bond acceptors (Lipinski definition) is 4. The van der Waals surface area contributed by atoms with E-state index in [1.54, 1.807) is 0 Å². The molecule has 5 atom stereocenters. The molecule has 22 heavy (non-hydrogen) atoms. The minimum atomic E-state index is -3.37. The zero-order valence-electron chi connectivity index (χ0n) is 13.1. The first-order chi connectivity index (χ1) is 10.2. The standard InChI is InChI=1S/C14H29AsNO5P/c1-10(17)13(15)14(19)16-7-12(18)9-22(20,21)8-11-5-3-2-4-6-11/h10-13,17-18H,2-9,15H2,1H3,(H,16,19)(H,20,21)/t10?,12-,13+/m1/s1. The average Bonchev–Trinajstić information content (AvgIpc) is 2.43. The summed E-state index contributed by atoms with van der Waals surface area (Å²) in [5, 5.41) is 21.7. The zero-order valence-corrected chi connectivity index (χ0v) is 16.5. The van der Waals surface area contributed by atoms with Crippen LogP contribution in [0.25, 0.3) is 0 Å². The van der Waals surface area contributed by atoms with Crippen LogP contribution in [0.3, 0.4) is 0 Å². The van der Waals surface area contributed by atoms with Gasteiger partial charge in [-0.1, -0.05) is 0 Å². The maximum absolute atomic E-state index is 12.2. The molecule has 0 bridgehead atoms. The SMILES string of the molecule is CC(O)[C@H]([AsH2])C(=O)NC[C@@H](O)CP(=O)(O)CC1CCCCC1. The summed E-state index contributed by atoms with van der Waals surface area (Å²) in [4.78, 5) is 21.7. The number of aliphatic hydroxyl groups excluding tert-OH is 2. The molecule has 1 amide bonds. The van der Waals surface area contributed by atoms with Crippen molar-refractivity contribution in [1.29, 1.82) is 0 Å². The molecule has 6 nitrogen and oxygen atoms in total. The van der Waals surface area contributed by atoms with Crippen molar-refractivity contribution in [1.82, 2.24) is 5.32 Å². The van der Waals surface area contributed by atoms with Crippen LogP contribution < -0.4 is 5.32 Å². The summed E-state index contributed by atoms with van der Waals surface area (Å²) in [6.45, 7) is 1.48. The topological polar surface area (TPSA) is 107 Å². The van der Waals surface area contributed by atoms with E-state index in [1.165, 1.54) is 13.3 Å². The molecule has 8 heteroatoms. The monoisotopic (exact) mass is 397 g/mol. The maximum atomic E-state index is 12.2. The van der Waals surface area contributed by atoms with Crippen molar-refractivity contribution in [3.8, 4) is 0 Å². The summed E-state index contributed by atoms with van der Waals surface area (Å²) in [6.07, 6.45) is 3.72. The third kappa shape index (κ3) is 7.61. The summed E-state index contributed by atoms with van der Waals surface area (Å²) < 4.78 is 11.7. The first kappa shape index (κ1) is 20.2. The molecule has 130 valence electrons. The van der Waals surface area contributed by atoms with Crippen LogP contribution in [0.15, 0.2) is 0 Å². The molecule has 0 aromatic carbocycles. The molecule has 3 unspecified atom stereocenters. The third-order valence-corrected chi connectivity index (χ3v) is 7.98. The van der Waals surface area contributed by atoms with Gasteiger partial charge in [0.1, 0.15) is 0 Å². The quantitative estimate of drug-likeness (QED) is 0.344. The molecule has 1 aliphatic rings. The second-order valence-electron chi connectivity index (χ2n) is 6.38. The number of hydrogen-bond donors (Lipinski definition) is 4. The van der Waals surface area contributed by atoms with Gasteiger partial charge in [-0.2, -0.15) is 0 Å². The van der Waals surface area contributed by atoms with Crippen LogP contribution in [-0.4, -0.2) is 68.9 Å². The Hall–Kier alpha value is 0.138. The number of amides is 1. The van der Waals surface area contributed by atoms with Crippen LogP contribution >= 0.6 is 7.37 Å². The Balaban J connectivity index is 2.34. The number of aliphatic hydroxyl groups is 2. The van der Waals surface area contributed by atoms with Crippen molar-refractivity contribution in [2.45, 2.75) is 55.9 Å². The number of carbonyl (C=O) groups excluding carboxylic acids is 1. The van der Waals surface area contributed by atoms with Gasteiger partial charge < -0.3 is 0 Å². The predicted octanol–water partition coefficient (Wildman–Crippen LogP) is 0.117. The van der Waals surface area contributed by atoms with Gasteiger partial charge in [-0.3, -0.25) is 0 Å². The molecular weight excluding hydrogens is 368 g/mol. The van der Waals surface area contributed by atoms with Gasteiger partial charge in [-0.25, -0.2) is 0 Å². The summed E-state index contributed by atoms with van der Waals surface area (Å²) in [5.41, 5.74) is 0. The fraction of sp³-hybridized carbons (Fsp3) is 0.929. The molecular formula is C14H29AsNO5P. The normalized spacial score (nSPS) is 23.3. The van der Waals surface area contributed by atoms with Crippen LogP contribution in [0.4, 0.5) is 0 Å². The Morgan fingerprint density at radius 3 is 2.45 bits per heavy atom. The average molecular weight is 397 g/mol. The second-order valence-corrected chi connectivity index (χ2v) is 10.3. The molecule has 1 fully saturated rings. The van der Waals surface area contributed by atoms with Crippen molar-refractivity contribution in [2.24, 2.45) is 5.92 Å². The molecule has 1 rings (SSSR count). The summed E-state index contributed by atoms with van der Waals surface area (Å²) in [7, 11) is -3.37. The fourth-order valence-corrected chi connectivity index (χ4v) is 5.15. The van der Waals surface area contributed by atoms with E-state index in [2.05, 4.69) is 5.32 Å². The van der Waals surface area contributed by atoms with Gasteiger partial charge in [-0.05, 0) is 0 Å². The summed E-state index contributed by atoms with van der Waals surface area (Å²) in [6, 6.07) is 0. The van der Waals surface area contributed by atoms with Gasteiger partial charge in [-0.15, -0.1) is 0 Å². The van der Waals surface area contributed by atoms with Gasteiger partial charge in [0.15, 0.2) is 0 Å². The van der Waals surface area contributed by atoms with Gasteiger partial charge >= 0.3 is 141 Å². The molecule has 0 saturated heterocycles. The molecule has 1 aliphatic carbocycles. The van der Waals surface area contributed by atoms with Gasteiger partial charge in [0.25, 0.3) is 0 Å². The van der Waals surface area contributed by atoms with Gasteiger partial charge in [0, 0.05) is 0 Å². The summed E-state index contributed by atoms with van der Waals surface area (Å²) >= 11 is 1.11. The van der Waals surface area contributed by atoms with Crippen LogP contribution in [0.2, 0.25) is 4.71 Å². The van der Waals surface area contributed by atoms with Gasteiger partial charge in [0.2, 0.25) is 0 Å². The third-order valence-electron chi connectivity index (χ3n) is 4.10. The van der Waals surface area contributed by atoms with Crippen LogP contribution in [0, 0.1) is 5.92 Å². The Bertz CT molecular complexity index is 401. The van der Waals surface area contributed by atoms with E-state index in [4.69, 9.17) is 0 Å². The Morgan fingerprint density at radius 2 is 1.91 bits per heavy atom. The Labute approximate surface area is 141 Å². The van der Waals surface area contributed by atoms with E-state index < -0.39 is 24.3 Å². The van der Waals surface area contributed by atoms with Crippen molar-refractivity contribution in [2.75, 3.05) is 18.9 Å².